The Morgan fingerprint density at radius 3 is 2.74 bits per heavy atom. The zero-order valence-electron chi connectivity index (χ0n) is 12.1. The van der Waals surface area contributed by atoms with E-state index >= 15 is 0 Å². The lowest BCUT2D eigenvalue weighted by molar-refractivity contribution is 0.208. The summed E-state index contributed by atoms with van der Waals surface area (Å²) in [5.74, 6) is 1.51. The van der Waals surface area contributed by atoms with Crippen LogP contribution in [0.5, 0.6) is 0 Å². The van der Waals surface area contributed by atoms with E-state index in [0.717, 1.165) is 27.5 Å². The highest BCUT2D eigenvalue weighted by Crippen LogP contribution is 2.38. The maximum atomic E-state index is 5.56. The Morgan fingerprint density at radius 1 is 1.32 bits per heavy atom. The molecule has 0 bridgehead atoms. The molecule has 1 saturated carbocycles. The van der Waals surface area contributed by atoms with E-state index < -0.39 is 0 Å². The summed E-state index contributed by atoms with van der Waals surface area (Å²) < 4.78 is 5.11. The van der Waals surface area contributed by atoms with Gasteiger partial charge in [-0.3, -0.25) is 9.25 Å². The molecular weight excluding hydrogens is 256 g/mol. The monoisotopic (exact) mass is 278 g/mol. The molecule has 104 valence electrons. The van der Waals surface area contributed by atoms with Gasteiger partial charge in [-0.25, -0.2) is 0 Å². The number of aryl methyl sites for hydroxylation is 2. The molecule has 1 aliphatic rings. The molecule has 4 nitrogen and oxygen atoms in total. The van der Waals surface area contributed by atoms with Gasteiger partial charge in [0.15, 0.2) is 10.4 Å². The number of rotatable bonds is 1. The summed E-state index contributed by atoms with van der Waals surface area (Å²) >= 11 is 5.56. The maximum Gasteiger partial charge on any atom is 0.179 e. The van der Waals surface area contributed by atoms with Crippen LogP contribution in [-0.4, -0.2) is 19.3 Å². The third-order valence-corrected chi connectivity index (χ3v) is 4.89. The first kappa shape index (κ1) is 12.9. The number of fused-ring (bicyclic) bond motifs is 1. The minimum absolute atomic E-state index is 0.507. The lowest BCUT2D eigenvalue weighted by Crippen LogP contribution is -2.25. The average Bonchev–Trinajstić information content (AvgIpc) is 2.79. The highest BCUT2D eigenvalue weighted by atomic mass is 32.1. The number of aromatic amines is 1. The van der Waals surface area contributed by atoms with Gasteiger partial charge in [0.25, 0.3) is 0 Å². The Morgan fingerprint density at radius 2 is 2.05 bits per heavy atom. The molecule has 19 heavy (non-hydrogen) atoms. The fourth-order valence-corrected chi connectivity index (χ4v) is 4.00. The molecule has 2 aromatic heterocycles. The van der Waals surface area contributed by atoms with Crippen molar-refractivity contribution in [1.29, 1.82) is 0 Å². The molecule has 3 rings (SSSR count). The van der Waals surface area contributed by atoms with Crippen molar-refractivity contribution >= 4 is 23.4 Å². The van der Waals surface area contributed by atoms with Crippen molar-refractivity contribution in [3.8, 4) is 0 Å². The van der Waals surface area contributed by atoms with Gasteiger partial charge in [-0.2, -0.15) is 5.10 Å². The van der Waals surface area contributed by atoms with Crippen molar-refractivity contribution < 1.29 is 0 Å². The maximum absolute atomic E-state index is 5.56. The zero-order chi connectivity index (χ0) is 13.7. The molecule has 0 amide bonds. The molecule has 5 heteroatoms. The fourth-order valence-electron chi connectivity index (χ4n) is 3.67. The molecule has 3 atom stereocenters. The van der Waals surface area contributed by atoms with Crippen LogP contribution >= 0.6 is 12.2 Å². The van der Waals surface area contributed by atoms with Crippen LogP contribution in [0, 0.1) is 23.5 Å². The molecular formula is C14H22N4S. The van der Waals surface area contributed by atoms with E-state index in [1.807, 2.05) is 18.7 Å². The second-order valence-electron chi connectivity index (χ2n) is 6.17. The first-order chi connectivity index (χ1) is 8.99. The number of H-pyrrole nitrogens is 1. The van der Waals surface area contributed by atoms with Crippen LogP contribution in [0.2, 0.25) is 0 Å². The van der Waals surface area contributed by atoms with E-state index in [-0.39, 0.29) is 0 Å². The molecule has 3 unspecified atom stereocenters. The lowest BCUT2D eigenvalue weighted by atomic mass is 9.80. The minimum atomic E-state index is 0.507. The number of hydrogen-bond donors (Lipinski definition) is 1. The number of imidazole rings is 1. The van der Waals surface area contributed by atoms with Crippen molar-refractivity contribution in [2.75, 3.05) is 0 Å². The Labute approximate surface area is 118 Å². The van der Waals surface area contributed by atoms with Crippen LogP contribution in [0.3, 0.4) is 0 Å². The van der Waals surface area contributed by atoms with E-state index in [0.29, 0.717) is 12.0 Å². The average molecular weight is 278 g/mol. The van der Waals surface area contributed by atoms with E-state index in [4.69, 9.17) is 12.2 Å². The molecule has 1 N–H and O–H groups in total. The highest BCUT2D eigenvalue weighted by molar-refractivity contribution is 7.71. The molecule has 1 aliphatic carbocycles. The molecule has 0 saturated heterocycles. The van der Waals surface area contributed by atoms with Crippen molar-refractivity contribution in [1.82, 2.24) is 19.3 Å². The van der Waals surface area contributed by atoms with E-state index in [9.17, 15) is 0 Å². The van der Waals surface area contributed by atoms with Crippen molar-refractivity contribution in [3.63, 3.8) is 0 Å². The molecule has 2 aromatic rings. The summed E-state index contributed by atoms with van der Waals surface area (Å²) in [6.07, 6.45) is 3.80. The van der Waals surface area contributed by atoms with Crippen molar-refractivity contribution in [2.45, 2.75) is 46.1 Å². The van der Waals surface area contributed by atoms with Gasteiger partial charge in [-0.1, -0.05) is 13.8 Å². The number of nitrogens with zero attached hydrogens (tertiary/aromatic N) is 3. The summed E-state index contributed by atoms with van der Waals surface area (Å²) in [6.45, 7) is 6.74. The predicted octanol–water partition coefficient (Wildman–Crippen LogP) is 3.74. The van der Waals surface area contributed by atoms with E-state index in [2.05, 4.69) is 28.5 Å². The quantitative estimate of drug-likeness (QED) is 0.807. The molecule has 0 aromatic carbocycles. The predicted molar refractivity (Wildman–Crippen MR) is 79.8 cm³/mol. The zero-order valence-corrected chi connectivity index (χ0v) is 12.9. The van der Waals surface area contributed by atoms with Gasteiger partial charge in [-0.15, -0.1) is 0 Å². The Hall–Kier alpha value is -1.10. The SMILES string of the molecule is Cc1nn(C)c2c1[nH]c(=S)n2C1CCC(C)CC1C. The molecule has 0 radical (unpaired) electrons. The van der Waals surface area contributed by atoms with Gasteiger partial charge in [-0.05, 0) is 50.2 Å². The van der Waals surface area contributed by atoms with Gasteiger partial charge >= 0.3 is 0 Å². The van der Waals surface area contributed by atoms with Crippen LogP contribution in [0.15, 0.2) is 0 Å². The topological polar surface area (TPSA) is 38.5 Å². The number of aromatic nitrogens is 4. The van der Waals surface area contributed by atoms with Crippen molar-refractivity contribution in [2.24, 2.45) is 18.9 Å². The third-order valence-electron chi connectivity index (χ3n) is 4.59. The van der Waals surface area contributed by atoms with E-state index in [1.54, 1.807) is 0 Å². The molecule has 1 fully saturated rings. The van der Waals surface area contributed by atoms with Gasteiger partial charge in [0, 0.05) is 13.1 Å². The summed E-state index contributed by atoms with van der Waals surface area (Å²) in [4.78, 5) is 3.34. The smallest absolute Gasteiger partial charge is 0.179 e. The third kappa shape index (κ3) is 1.95. The first-order valence-corrected chi connectivity index (χ1v) is 7.53. The largest absolute Gasteiger partial charge is 0.328 e. The summed E-state index contributed by atoms with van der Waals surface area (Å²) in [6, 6.07) is 0.507. The second kappa shape index (κ2) is 4.47. The Balaban J connectivity index is 2.14. The normalized spacial score (nSPS) is 28.1. The van der Waals surface area contributed by atoms with Crippen molar-refractivity contribution in [3.05, 3.63) is 10.5 Å². The van der Waals surface area contributed by atoms with Gasteiger partial charge in [0.1, 0.15) is 5.52 Å². The first-order valence-electron chi connectivity index (χ1n) is 7.12. The summed E-state index contributed by atoms with van der Waals surface area (Å²) in [5.41, 5.74) is 3.27. The Bertz CT molecular complexity index is 663. The second-order valence-corrected chi connectivity index (χ2v) is 6.56. The lowest BCUT2D eigenvalue weighted by Gasteiger charge is -2.33. The van der Waals surface area contributed by atoms with Gasteiger partial charge < -0.3 is 4.98 Å². The molecule has 2 heterocycles. The Kier molecular flexibility index (Phi) is 3.04. The number of nitrogens with one attached hydrogen (secondary N) is 1. The van der Waals surface area contributed by atoms with Gasteiger partial charge in [0.2, 0.25) is 0 Å². The summed E-state index contributed by atoms with van der Waals surface area (Å²) in [7, 11) is 2.00. The fraction of sp³-hybridized carbons (Fsp3) is 0.714. The van der Waals surface area contributed by atoms with Crippen LogP contribution in [0.1, 0.15) is 44.8 Å². The molecule has 0 aliphatic heterocycles. The van der Waals surface area contributed by atoms with E-state index in [1.165, 1.54) is 19.3 Å². The molecule has 0 spiro atoms. The summed E-state index contributed by atoms with van der Waals surface area (Å²) in [5, 5.41) is 4.51. The van der Waals surface area contributed by atoms with Crippen LogP contribution < -0.4 is 0 Å². The minimum Gasteiger partial charge on any atom is -0.328 e. The van der Waals surface area contributed by atoms with Crippen LogP contribution in [-0.2, 0) is 7.05 Å². The van der Waals surface area contributed by atoms with Crippen LogP contribution in [0.25, 0.3) is 11.2 Å². The number of hydrogen-bond acceptors (Lipinski definition) is 2. The van der Waals surface area contributed by atoms with Crippen LogP contribution in [0.4, 0.5) is 0 Å². The standard InChI is InChI=1S/C14H22N4S/c1-8-5-6-11(9(2)7-8)18-13-12(15-14(18)19)10(3)16-17(13)4/h8-9,11H,5-7H2,1-4H3,(H,15,19). The van der Waals surface area contributed by atoms with Gasteiger partial charge in [0.05, 0.1) is 5.69 Å². The highest BCUT2D eigenvalue weighted by Gasteiger charge is 2.29.